The van der Waals surface area contributed by atoms with Gasteiger partial charge in [0.25, 0.3) is 0 Å². The van der Waals surface area contributed by atoms with Gasteiger partial charge in [0.15, 0.2) is 0 Å². The summed E-state index contributed by atoms with van der Waals surface area (Å²) < 4.78 is 0. The normalized spacial score (nSPS) is 20.5. The van der Waals surface area contributed by atoms with Crippen molar-refractivity contribution in [3.63, 3.8) is 0 Å². The van der Waals surface area contributed by atoms with Gasteiger partial charge >= 0.3 is 6.03 Å². The van der Waals surface area contributed by atoms with Crippen LogP contribution >= 0.6 is 0 Å². The number of H-pyrrole nitrogens is 1. The topological polar surface area (TPSA) is 48.1 Å². The van der Waals surface area contributed by atoms with Crippen LogP contribution in [0, 0.1) is 0 Å². The summed E-state index contributed by atoms with van der Waals surface area (Å²) in [6.45, 7) is 5.13. The second kappa shape index (κ2) is 6.82. The van der Waals surface area contributed by atoms with Gasteiger partial charge < -0.3 is 15.2 Å². The Morgan fingerprint density at radius 1 is 1.15 bits per heavy atom. The fourth-order valence-electron chi connectivity index (χ4n) is 4.56. The number of nitrogens with one attached hydrogen (secondary N) is 2. The highest BCUT2D eigenvalue weighted by Gasteiger charge is 2.33. The number of fused-ring (bicyclic) bond motifs is 3. The summed E-state index contributed by atoms with van der Waals surface area (Å²) in [6, 6.07) is 8.78. The summed E-state index contributed by atoms with van der Waals surface area (Å²) in [7, 11) is 0. The summed E-state index contributed by atoms with van der Waals surface area (Å²) in [5, 5.41) is 4.53. The summed E-state index contributed by atoms with van der Waals surface area (Å²) >= 11 is 0. The largest absolute Gasteiger partial charge is 0.355 e. The molecule has 2 aliphatic rings. The third-order valence-electron chi connectivity index (χ3n) is 5.84. The van der Waals surface area contributed by atoms with Gasteiger partial charge in [0.05, 0.1) is 0 Å². The molecule has 0 atom stereocenters. The van der Waals surface area contributed by atoms with E-state index in [0.717, 1.165) is 24.1 Å². The quantitative estimate of drug-likeness (QED) is 0.685. The van der Waals surface area contributed by atoms with E-state index in [1.165, 1.54) is 36.6 Å². The summed E-state index contributed by atoms with van der Waals surface area (Å²) in [5.74, 6) is 0. The Bertz CT molecular complexity index is 825. The molecule has 26 heavy (non-hydrogen) atoms. The zero-order valence-corrected chi connectivity index (χ0v) is 15.8. The molecule has 4 heteroatoms. The molecule has 1 saturated carbocycles. The lowest BCUT2D eigenvalue weighted by atomic mass is 9.82. The van der Waals surface area contributed by atoms with Gasteiger partial charge in [0.1, 0.15) is 0 Å². The lowest BCUT2D eigenvalue weighted by Gasteiger charge is -2.31. The molecule has 1 aromatic heterocycles. The molecule has 0 saturated heterocycles. The average molecular weight is 351 g/mol. The van der Waals surface area contributed by atoms with Crippen molar-refractivity contribution in [2.75, 3.05) is 6.54 Å². The number of hydrogen-bond donors (Lipinski definition) is 2. The Balaban J connectivity index is 1.57. The molecule has 1 aliphatic carbocycles. The van der Waals surface area contributed by atoms with Crippen LogP contribution < -0.4 is 5.32 Å². The Morgan fingerprint density at radius 3 is 2.65 bits per heavy atom. The minimum atomic E-state index is -0.126. The molecule has 4 nitrogen and oxygen atoms in total. The first-order chi connectivity index (χ1) is 12.5. The fourth-order valence-corrected chi connectivity index (χ4v) is 4.56. The number of aromatic nitrogens is 1. The van der Waals surface area contributed by atoms with Crippen LogP contribution in [0.15, 0.2) is 30.5 Å². The van der Waals surface area contributed by atoms with Crippen molar-refractivity contribution in [2.24, 2.45) is 0 Å². The van der Waals surface area contributed by atoms with E-state index >= 15 is 0 Å². The summed E-state index contributed by atoms with van der Waals surface area (Å²) in [6.07, 6.45) is 11.2. The SMILES string of the molecule is CC1(C)CN(C(=O)NC2CCCCCC2)C=Cc2[nH]c3ccccc3c21. The van der Waals surface area contributed by atoms with Crippen molar-refractivity contribution < 1.29 is 4.79 Å². The minimum Gasteiger partial charge on any atom is -0.355 e. The lowest BCUT2D eigenvalue weighted by molar-refractivity contribution is 0.202. The van der Waals surface area contributed by atoms with Gasteiger partial charge in [0.2, 0.25) is 0 Å². The maximum absolute atomic E-state index is 12.9. The molecule has 0 bridgehead atoms. The standard InChI is InChI=1S/C22H29N3O/c1-22(2)15-25(21(26)23-16-9-5-3-4-6-10-16)14-13-19-20(22)17-11-7-8-12-18(17)24-19/h7-8,11-14,16,24H,3-6,9-10,15H2,1-2H3,(H,23,26). The predicted molar refractivity (Wildman–Crippen MR) is 107 cm³/mol. The number of hydrogen-bond acceptors (Lipinski definition) is 1. The number of nitrogens with zero attached hydrogens (tertiary/aromatic N) is 1. The molecule has 2 amide bonds. The highest BCUT2D eigenvalue weighted by molar-refractivity contribution is 5.89. The van der Waals surface area contributed by atoms with Crippen LogP contribution in [0.5, 0.6) is 0 Å². The molecule has 0 unspecified atom stereocenters. The highest BCUT2D eigenvalue weighted by Crippen LogP contribution is 2.37. The second-order valence-electron chi connectivity index (χ2n) is 8.42. The number of aromatic amines is 1. The molecule has 1 aliphatic heterocycles. The predicted octanol–water partition coefficient (Wildman–Crippen LogP) is 5.16. The van der Waals surface area contributed by atoms with E-state index in [1.807, 2.05) is 11.1 Å². The van der Waals surface area contributed by atoms with Crippen molar-refractivity contribution >= 4 is 23.0 Å². The number of para-hydroxylation sites is 1. The van der Waals surface area contributed by atoms with E-state index in [2.05, 4.69) is 54.5 Å². The van der Waals surface area contributed by atoms with Gasteiger partial charge in [-0.25, -0.2) is 4.79 Å². The first-order valence-corrected chi connectivity index (χ1v) is 9.91. The van der Waals surface area contributed by atoms with Crippen molar-refractivity contribution in [1.29, 1.82) is 0 Å². The number of urea groups is 1. The molecule has 0 radical (unpaired) electrons. The second-order valence-corrected chi connectivity index (χ2v) is 8.42. The Morgan fingerprint density at radius 2 is 1.88 bits per heavy atom. The van der Waals surface area contributed by atoms with Crippen LogP contribution in [-0.2, 0) is 5.41 Å². The Hall–Kier alpha value is -2.23. The van der Waals surface area contributed by atoms with Crippen LogP contribution in [0.3, 0.4) is 0 Å². The molecular formula is C22H29N3O. The van der Waals surface area contributed by atoms with Crippen LogP contribution in [0.1, 0.15) is 63.6 Å². The monoisotopic (exact) mass is 351 g/mol. The maximum atomic E-state index is 12.9. The van der Waals surface area contributed by atoms with E-state index in [1.54, 1.807) is 0 Å². The molecule has 1 fully saturated rings. The van der Waals surface area contributed by atoms with E-state index < -0.39 is 0 Å². The smallest absolute Gasteiger partial charge is 0.321 e. The first-order valence-electron chi connectivity index (χ1n) is 9.91. The molecule has 2 heterocycles. The highest BCUT2D eigenvalue weighted by atomic mass is 16.2. The Kier molecular flexibility index (Phi) is 4.51. The molecule has 2 aromatic rings. The number of benzene rings is 1. The van der Waals surface area contributed by atoms with Crippen LogP contribution in [-0.4, -0.2) is 28.5 Å². The maximum Gasteiger partial charge on any atom is 0.321 e. The van der Waals surface area contributed by atoms with Crippen molar-refractivity contribution in [3.8, 4) is 0 Å². The zero-order chi connectivity index (χ0) is 18.1. The third kappa shape index (κ3) is 3.25. The first kappa shape index (κ1) is 17.2. The van der Waals surface area contributed by atoms with Crippen molar-refractivity contribution in [3.05, 3.63) is 41.7 Å². The summed E-state index contributed by atoms with van der Waals surface area (Å²) in [5.41, 5.74) is 3.45. The summed E-state index contributed by atoms with van der Waals surface area (Å²) in [4.78, 5) is 18.3. The lowest BCUT2D eigenvalue weighted by Crippen LogP contribution is -2.46. The number of carbonyl (C=O) groups excluding carboxylic acids is 1. The van der Waals surface area contributed by atoms with E-state index in [4.69, 9.17) is 0 Å². The van der Waals surface area contributed by atoms with Gasteiger partial charge in [-0.1, -0.05) is 57.7 Å². The average Bonchev–Trinajstić information content (AvgIpc) is 2.73. The Labute approximate surface area is 155 Å². The molecule has 0 spiro atoms. The fraction of sp³-hybridized carbons (Fsp3) is 0.500. The molecule has 4 rings (SSSR count). The zero-order valence-electron chi connectivity index (χ0n) is 15.8. The van der Waals surface area contributed by atoms with Gasteiger partial charge in [-0.05, 0) is 30.5 Å². The van der Waals surface area contributed by atoms with E-state index in [0.29, 0.717) is 12.6 Å². The number of carbonyl (C=O) groups is 1. The van der Waals surface area contributed by atoms with Gasteiger partial charge in [0, 0.05) is 40.8 Å². The van der Waals surface area contributed by atoms with Gasteiger partial charge in [-0.3, -0.25) is 0 Å². The number of rotatable bonds is 1. The van der Waals surface area contributed by atoms with Crippen LogP contribution in [0.25, 0.3) is 17.0 Å². The minimum absolute atomic E-state index is 0.0377. The molecular weight excluding hydrogens is 322 g/mol. The van der Waals surface area contributed by atoms with Crippen molar-refractivity contribution in [1.82, 2.24) is 15.2 Å². The molecule has 138 valence electrons. The van der Waals surface area contributed by atoms with Crippen LogP contribution in [0.4, 0.5) is 4.79 Å². The molecule has 1 aromatic carbocycles. The molecule has 2 N–H and O–H groups in total. The van der Waals surface area contributed by atoms with Gasteiger partial charge in [-0.2, -0.15) is 0 Å². The number of amides is 2. The van der Waals surface area contributed by atoms with E-state index in [-0.39, 0.29) is 11.4 Å². The third-order valence-corrected chi connectivity index (χ3v) is 5.84. The van der Waals surface area contributed by atoms with Crippen molar-refractivity contribution in [2.45, 2.75) is 63.8 Å². The van der Waals surface area contributed by atoms with Gasteiger partial charge in [-0.15, -0.1) is 0 Å². The van der Waals surface area contributed by atoms with E-state index in [9.17, 15) is 4.79 Å². The van der Waals surface area contributed by atoms with Crippen LogP contribution in [0.2, 0.25) is 0 Å².